The molecule has 1 fully saturated rings. The zero-order valence-electron chi connectivity index (χ0n) is 15.4. The molecule has 5 nitrogen and oxygen atoms in total. The first-order valence-electron chi connectivity index (χ1n) is 9.19. The Hall–Kier alpha value is -2.94. The highest BCUT2D eigenvalue weighted by molar-refractivity contribution is 5.93. The average Bonchev–Trinajstić information content (AvgIpc) is 3.12. The van der Waals surface area contributed by atoms with Crippen molar-refractivity contribution in [1.29, 1.82) is 5.26 Å². The van der Waals surface area contributed by atoms with Crippen LogP contribution in [-0.4, -0.2) is 41.4 Å². The van der Waals surface area contributed by atoms with Gasteiger partial charge in [0.05, 0.1) is 36.1 Å². The number of rotatable bonds is 4. The van der Waals surface area contributed by atoms with Crippen LogP contribution >= 0.6 is 0 Å². The molecule has 0 spiro atoms. The number of hydrogen-bond acceptors (Lipinski definition) is 4. The quantitative estimate of drug-likeness (QED) is 0.771. The second kappa shape index (κ2) is 7.75. The highest BCUT2D eigenvalue weighted by Crippen LogP contribution is 2.24. The number of fused-ring (bicyclic) bond motifs is 1. The van der Waals surface area contributed by atoms with Crippen LogP contribution in [0.5, 0.6) is 0 Å². The molecule has 0 atom stereocenters. The van der Waals surface area contributed by atoms with Crippen molar-refractivity contribution in [2.24, 2.45) is 0 Å². The number of ether oxygens (including phenoxy) is 1. The van der Waals surface area contributed by atoms with Crippen LogP contribution in [0.3, 0.4) is 0 Å². The van der Waals surface area contributed by atoms with Crippen molar-refractivity contribution in [2.45, 2.75) is 13.5 Å². The molecule has 2 aromatic carbocycles. The molecule has 1 saturated heterocycles. The summed E-state index contributed by atoms with van der Waals surface area (Å²) in [6.45, 7) is 6.52. The van der Waals surface area contributed by atoms with Crippen LogP contribution in [0.2, 0.25) is 0 Å². The Morgan fingerprint density at radius 3 is 2.89 bits per heavy atom. The maximum absolute atomic E-state index is 9.27. The zero-order chi connectivity index (χ0) is 18.6. The minimum atomic E-state index is 0.686. The van der Waals surface area contributed by atoms with Gasteiger partial charge >= 0.3 is 0 Å². The van der Waals surface area contributed by atoms with Crippen LogP contribution in [0.4, 0.5) is 0 Å². The molecule has 5 heteroatoms. The van der Waals surface area contributed by atoms with E-state index in [1.165, 1.54) is 5.56 Å². The van der Waals surface area contributed by atoms with Crippen molar-refractivity contribution in [3.8, 4) is 6.07 Å². The van der Waals surface area contributed by atoms with Crippen molar-refractivity contribution in [1.82, 2.24) is 15.1 Å². The molecule has 0 amide bonds. The first kappa shape index (κ1) is 17.5. The van der Waals surface area contributed by atoms with E-state index in [4.69, 9.17) is 4.74 Å². The first-order valence-corrected chi connectivity index (χ1v) is 9.19. The van der Waals surface area contributed by atoms with Crippen LogP contribution < -0.4 is 0 Å². The number of hydrogen-bond donors (Lipinski definition) is 1. The zero-order valence-corrected chi connectivity index (χ0v) is 15.4. The van der Waals surface area contributed by atoms with Gasteiger partial charge in [0, 0.05) is 25.0 Å². The van der Waals surface area contributed by atoms with Crippen molar-refractivity contribution >= 4 is 23.1 Å². The van der Waals surface area contributed by atoms with E-state index in [-0.39, 0.29) is 0 Å². The molecule has 0 radical (unpaired) electrons. The summed E-state index contributed by atoms with van der Waals surface area (Å²) in [5.41, 5.74) is 5.90. The Morgan fingerprint density at radius 2 is 2.07 bits per heavy atom. The lowest BCUT2D eigenvalue weighted by atomic mass is 10.0. The highest BCUT2D eigenvalue weighted by atomic mass is 16.5. The highest BCUT2D eigenvalue weighted by Gasteiger charge is 2.11. The molecule has 3 aromatic rings. The third kappa shape index (κ3) is 3.77. The largest absolute Gasteiger partial charge is 0.379 e. The smallest absolute Gasteiger partial charge is 0.0994 e. The third-order valence-corrected chi connectivity index (χ3v) is 5.03. The summed E-state index contributed by atoms with van der Waals surface area (Å²) in [4.78, 5) is 2.42. The number of aromatic nitrogens is 2. The summed E-state index contributed by atoms with van der Waals surface area (Å²) in [5.74, 6) is 0. The standard InChI is InChI=1S/C22H22N4O/c1-16-19(14-23)6-8-21-22(16)20(24-25-21)7-5-17-3-2-4-18(13-17)15-26-9-11-27-12-10-26/h2-8,13H,9-12,15H2,1H3,(H,24,25)/b7-5+. The molecule has 1 aliphatic rings. The van der Waals surface area contributed by atoms with Crippen molar-refractivity contribution in [3.63, 3.8) is 0 Å². The Kier molecular flexibility index (Phi) is 5.01. The molecule has 0 aliphatic carbocycles. The van der Waals surface area contributed by atoms with Gasteiger partial charge in [-0.15, -0.1) is 0 Å². The van der Waals surface area contributed by atoms with Gasteiger partial charge < -0.3 is 4.74 Å². The Morgan fingerprint density at radius 1 is 1.22 bits per heavy atom. The van der Waals surface area contributed by atoms with E-state index in [1.807, 2.05) is 25.1 Å². The molecule has 2 heterocycles. The maximum atomic E-state index is 9.27. The molecule has 1 aromatic heterocycles. The van der Waals surface area contributed by atoms with Gasteiger partial charge in [-0.25, -0.2) is 0 Å². The van der Waals surface area contributed by atoms with Gasteiger partial charge in [0.15, 0.2) is 0 Å². The van der Waals surface area contributed by atoms with Gasteiger partial charge in [-0.05, 0) is 41.8 Å². The number of nitrogens with zero attached hydrogens (tertiary/aromatic N) is 3. The fraction of sp³-hybridized carbons (Fsp3) is 0.273. The minimum Gasteiger partial charge on any atom is -0.379 e. The van der Waals surface area contributed by atoms with Gasteiger partial charge in [-0.1, -0.05) is 30.3 Å². The third-order valence-electron chi connectivity index (χ3n) is 5.03. The predicted molar refractivity (Wildman–Crippen MR) is 107 cm³/mol. The van der Waals surface area contributed by atoms with E-state index in [1.54, 1.807) is 0 Å². The Bertz CT molecular complexity index is 1020. The molecule has 0 saturated carbocycles. The lowest BCUT2D eigenvalue weighted by Gasteiger charge is -2.26. The average molecular weight is 358 g/mol. The van der Waals surface area contributed by atoms with Crippen LogP contribution in [-0.2, 0) is 11.3 Å². The molecule has 1 N–H and O–H groups in total. The SMILES string of the molecule is Cc1c(C#N)ccc2[nH]nc(/C=C/c3cccc(CN4CCOCC4)c3)c12. The molecule has 4 rings (SSSR count). The maximum Gasteiger partial charge on any atom is 0.0994 e. The van der Waals surface area contributed by atoms with Gasteiger partial charge in [-0.3, -0.25) is 10.00 Å². The summed E-state index contributed by atoms with van der Waals surface area (Å²) in [6.07, 6.45) is 4.09. The molecular formula is C22H22N4O. The molecule has 27 heavy (non-hydrogen) atoms. The van der Waals surface area contributed by atoms with E-state index in [9.17, 15) is 5.26 Å². The number of nitriles is 1. The normalized spacial score (nSPS) is 15.4. The van der Waals surface area contributed by atoms with E-state index in [0.717, 1.165) is 60.6 Å². The Balaban J connectivity index is 1.57. The molecule has 136 valence electrons. The summed E-state index contributed by atoms with van der Waals surface area (Å²) in [5, 5.41) is 17.8. The van der Waals surface area contributed by atoms with Gasteiger partial charge in [0.2, 0.25) is 0 Å². The lowest BCUT2D eigenvalue weighted by molar-refractivity contribution is 0.0342. The van der Waals surface area contributed by atoms with Gasteiger partial charge in [-0.2, -0.15) is 10.4 Å². The van der Waals surface area contributed by atoms with Crippen molar-refractivity contribution in [3.05, 3.63) is 64.3 Å². The predicted octanol–water partition coefficient (Wildman–Crippen LogP) is 3.75. The second-order valence-corrected chi connectivity index (χ2v) is 6.85. The van der Waals surface area contributed by atoms with Crippen LogP contribution in [0, 0.1) is 18.3 Å². The summed E-state index contributed by atoms with van der Waals surface area (Å²) < 4.78 is 5.42. The number of H-pyrrole nitrogens is 1. The lowest BCUT2D eigenvalue weighted by Crippen LogP contribution is -2.35. The number of benzene rings is 2. The van der Waals surface area contributed by atoms with E-state index < -0.39 is 0 Å². The molecular weight excluding hydrogens is 336 g/mol. The van der Waals surface area contributed by atoms with Crippen LogP contribution in [0.25, 0.3) is 23.1 Å². The molecule has 0 unspecified atom stereocenters. The van der Waals surface area contributed by atoms with Crippen LogP contribution in [0.1, 0.15) is 27.9 Å². The number of morpholine rings is 1. The minimum absolute atomic E-state index is 0.686. The second-order valence-electron chi connectivity index (χ2n) is 6.85. The number of aromatic amines is 1. The fourth-order valence-electron chi connectivity index (χ4n) is 3.54. The molecule has 0 bridgehead atoms. The molecule has 1 aliphatic heterocycles. The summed E-state index contributed by atoms with van der Waals surface area (Å²) in [7, 11) is 0. The topological polar surface area (TPSA) is 64.9 Å². The Labute approximate surface area is 158 Å². The van der Waals surface area contributed by atoms with Crippen molar-refractivity contribution < 1.29 is 4.74 Å². The summed E-state index contributed by atoms with van der Waals surface area (Å²) >= 11 is 0. The van der Waals surface area contributed by atoms with Gasteiger partial charge in [0.25, 0.3) is 0 Å². The number of nitrogens with one attached hydrogen (secondary N) is 1. The van der Waals surface area contributed by atoms with Crippen LogP contribution in [0.15, 0.2) is 36.4 Å². The monoisotopic (exact) mass is 358 g/mol. The number of aryl methyl sites for hydroxylation is 1. The summed E-state index contributed by atoms with van der Waals surface area (Å²) in [6, 6.07) is 14.6. The first-order chi connectivity index (χ1) is 13.2. The van der Waals surface area contributed by atoms with E-state index in [0.29, 0.717) is 5.56 Å². The fourth-order valence-corrected chi connectivity index (χ4v) is 3.54. The van der Waals surface area contributed by atoms with Crippen molar-refractivity contribution in [2.75, 3.05) is 26.3 Å². The van der Waals surface area contributed by atoms with Gasteiger partial charge in [0.1, 0.15) is 0 Å². The van der Waals surface area contributed by atoms with E-state index >= 15 is 0 Å². The van der Waals surface area contributed by atoms with E-state index in [2.05, 4.69) is 51.5 Å².